The molecule has 27 heavy (non-hydrogen) atoms. The van der Waals surface area contributed by atoms with Crippen molar-refractivity contribution in [2.24, 2.45) is 0 Å². The van der Waals surface area contributed by atoms with Gasteiger partial charge in [-0.15, -0.1) is 0 Å². The number of carboxylic acids is 2. The first-order valence-electron chi connectivity index (χ1n) is 7.59. The Kier molecular flexibility index (Phi) is 10.1. The third kappa shape index (κ3) is 9.18. The summed E-state index contributed by atoms with van der Waals surface area (Å²) in [6.07, 6.45) is 0. The van der Waals surface area contributed by atoms with Crippen molar-refractivity contribution in [1.82, 2.24) is 0 Å². The van der Waals surface area contributed by atoms with E-state index in [1.807, 2.05) is 0 Å². The van der Waals surface area contributed by atoms with Crippen molar-refractivity contribution in [3.05, 3.63) is 85.0 Å². The number of carbonyl (C=O) groups excluding carboxylic acids is 2. The summed E-state index contributed by atoms with van der Waals surface area (Å²) in [6.45, 7) is 8.95. The van der Waals surface area contributed by atoms with Crippen LogP contribution in [0, 0.1) is 0 Å². The Morgan fingerprint density at radius 2 is 0.926 bits per heavy atom. The van der Waals surface area contributed by atoms with Gasteiger partial charge in [-0.2, -0.15) is 0 Å². The van der Waals surface area contributed by atoms with Crippen LogP contribution in [0.4, 0.5) is 0 Å². The monoisotopic (exact) mass is 388 g/mol. The first-order valence-corrected chi connectivity index (χ1v) is 9.07. The molecule has 0 N–H and O–H groups in total. The molecule has 2 aromatic rings. The molecule has 0 atom stereocenters. The lowest BCUT2D eigenvalue weighted by Gasteiger charge is -2.03. The number of carboxylic acid groups (broad SMARTS) is 2. The van der Waals surface area contributed by atoms with Gasteiger partial charge in [0.1, 0.15) is 0 Å². The summed E-state index contributed by atoms with van der Waals surface area (Å²) in [6, 6.07) is 16.9. The summed E-state index contributed by atoms with van der Waals surface area (Å²) in [5.41, 5.74) is 0.130. The minimum Gasteiger partial charge on any atom is -0.545 e. The molecule has 0 amide bonds. The van der Waals surface area contributed by atoms with E-state index in [0.29, 0.717) is 9.79 Å². The van der Waals surface area contributed by atoms with Gasteiger partial charge >= 0.3 is 0 Å². The number of hydrogen-bond donors (Lipinski definition) is 0. The molecule has 0 saturated carbocycles. The number of sulfone groups is 1. The third-order valence-corrected chi connectivity index (χ3v) is 4.59. The SMILES string of the molecule is C=C(C)C(=O)[O-].C=C(C)C(=O)[O-].O=S(=O)(c1ccccc1)c1ccccc1. The van der Waals surface area contributed by atoms with E-state index in [2.05, 4.69) is 13.2 Å². The van der Waals surface area contributed by atoms with Crippen LogP contribution in [0.15, 0.2) is 94.8 Å². The highest BCUT2D eigenvalue weighted by Gasteiger charge is 2.15. The summed E-state index contributed by atoms with van der Waals surface area (Å²) in [7, 11) is -3.34. The van der Waals surface area contributed by atoms with Crippen molar-refractivity contribution in [2.45, 2.75) is 23.6 Å². The summed E-state index contributed by atoms with van der Waals surface area (Å²) >= 11 is 0. The zero-order chi connectivity index (χ0) is 21.0. The van der Waals surface area contributed by atoms with Crippen LogP contribution >= 0.6 is 0 Å². The van der Waals surface area contributed by atoms with Crippen LogP contribution < -0.4 is 10.2 Å². The van der Waals surface area contributed by atoms with E-state index in [-0.39, 0.29) is 11.1 Å². The maximum absolute atomic E-state index is 12.0. The Hall–Kier alpha value is -3.19. The number of benzene rings is 2. The Morgan fingerprint density at radius 1 is 0.704 bits per heavy atom. The van der Waals surface area contributed by atoms with Gasteiger partial charge < -0.3 is 19.8 Å². The van der Waals surface area contributed by atoms with Crippen LogP contribution in [-0.2, 0) is 19.4 Å². The molecular formula is C20H20O6S-2. The molecule has 2 rings (SSSR count). The molecule has 7 heteroatoms. The molecule has 0 radical (unpaired) electrons. The molecule has 144 valence electrons. The molecule has 0 aliphatic rings. The minimum atomic E-state index is -3.34. The normalized spacial score (nSPS) is 9.56. The fourth-order valence-electron chi connectivity index (χ4n) is 1.34. The Balaban J connectivity index is 0.000000470. The first kappa shape index (κ1) is 23.8. The van der Waals surface area contributed by atoms with E-state index < -0.39 is 21.8 Å². The lowest BCUT2D eigenvalue weighted by atomic mass is 10.4. The molecule has 0 spiro atoms. The van der Waals surface area contributed by atoms with Gasteiger partial charge in [-0.05, 0) is 49.3 Å². The van der Waals surface area contributed by atoms with Crippen LogP contribution in [0.5, 0.6) is 0 Å². The van der Waals surface area contributed by atoms with Gasteiger partial charge in [-0.1, -0.05) is 49.6 Å². The molecule has 0 aromatic heterocycles. The highest BCUT2D eigenvalue weighted by Crippen LogP contribution is 2.19. The quantitative estimate of drug-likeness (QED) is 0.726. The van der Waals surface area contributed by atoms with E-state index in [1.54, 1.807) is 60.7 Å². The second kappa shape index (κ2) is 11.4. The van der Waals surface area contributed by atoms with E-state index in [0.717, 1.165) is 0 Å². The summed E-state index contributed by atoms with van der Waals surface area (Å²) in [5, 5.41) is 19.0. The fourth-order valence-corrected chi connectivity index (χ4v) is 2.64. The second-order valence-corrected chi connectivity index (χ2v) is 7.21. The average Bonchev–Trinajstić information content (AvgIpc) is 2.64. The maximum atomic E-state index is 12.0. The topological polar surface area (TPSA) is 114 Å². The summed E-state index contributed by atoms with van der Waals surface area (Å²) in [5.74, 6) is -2.37. The van der Waals surface area contributed by atoms with Gasteiger partial charge in [-0.3, -0.25) is 0 Å². The molecule has 6 nitrogen and oxygen atoms in total. The molecule has 0 unspecified atom stereocenters. The number of aliphatic carboxylic acids is 2. The number of rotatable bonds is 4. The van der Waals surface area contributed by atoms with Crippen molar-refractivity contribution in [3.63, 3.8) is 0 Å². The number of carbonyl (C=O) groups is 2. The van der Waals surface area contributed by atoms with Crippen molar-refractivity contribution in [2.75, 3.05) is 0 Å². The smallest absolute Gasteiger partial charge is 0.206 e. The molecule has 0 aliphatic heterocycles. The lowest BCUT2D eigenvalue weighted by molar-refractivity contribution is -0.300. The molecular weight excluding hydrogens is 368 g/mol. The summed E-state index contributed by atoms with van der Waals surface area (Å²) in [4.78, 5) is 19.6. The van der Waals surface area contributed by atoms with Crippen molar-refractivity contribution < 1.29 is 28.2 Å². The highest BCUT2D eigenvalue weighted by atomic mass is 32.2. The Labute approximate surface area is 159 Å². The van der Waals surface area contributed by atoms with Crippen molar-refractivity contribution >= 4 is 21.8 Å². The van der Waals surface area contributed by atoms with Gasteiger partial charge in [0.15, 0.2) is 0 Å². The summed E-state index contributed by atoms with van der Waals surface area (Å²) < 4.78 is 24.1. The predicted molar refractivity (Wildman–Crippen MR) is 98.0 cm³/mol. The van der Waals surface area contributed by atoms with Crippen LogP contribution in [-0.4, -0.2) is 20.4 Å². The zero-order valence-electron chi connectivity index (χ0n) is 15.0. The van der Waals surface area contributed by atoms with E-state index in [9.17, 15) is 28.2 Å². The minimum absolute atomic E-state index is 0.0648. The third-order valence-electron chi connectivity index (χ3n) is 2.80. The van der Waals surface area contributed by atoms with Gasteiger partial charge in [-0.25, -0.2) is 8.42 Å². The van der Waals surface area contributed by atoms with Gasteiger partial charge in [0.05, 0.1) is 21.7 Å². The van der Waals surface area contributed by atoms with Crippen LogP contribution in [0.25, 0.3) is 0 Å². The molecule has 0 fully saturated rings. The highest BCUT2D eigenvalue weighted by molar-refractivity contribution is 7.91. The second-order valence-electron chi connectivity index (χ2n) is 5.27. The Bertz CT molecular complexity index is 791. The van der Waals surface area contributed by atoms with Crippen molar-refractivity contribution in [3.8, 4) is 0 Å². The lowest BCUT2D eigenvalue weighted by Crippen LogP contribution is -2.22. The molecule has 0 aliphatic carbocycles. The van der Waals surface area contributed by atoms with E-state index >= 15 is 0 Å². The van der Waals surface area contributed by atoms with Crippen molar-refractivity contribution in [1.29, 1.82) is 0 Å². The number of hydrogen-bond acceptors (Lipinski definition) is 6. The van der Waals surface area contributed by atoms with Gasteiger partial charge in [0.25, 0.3) is 0 Å². The van der Waals surface area contributed by atoms with Gasteiger partial charge in [0.2, 0.25) is 9.84 Å². The molecule has 0 saturated heterocycles. The zero-order valence-corrected chi connectivity index (χ0v) is 15.9. The van der Waals surface area contributed by atoms with Crippen LogP contribution in [0.2, 0.25) is 0 Å². The average molecular weight is 388 g/mol. The Morgan fingerprint density at radius 3 is 1.11 bits per heavy atom. The van der Waals surface area contributed by atoms with E-state index in [4.69, 9.17) is 0 Å². The molecule has 2 aromatic carbocycles. The predicted octanol–water partition coefficient (Wildman–Crippen LogP) is 1.14. The fraction of sp³-hybridized carbons (Fsp3) is 0.100. The largest absolute Gasteiger partial charge is 0.545 e. The van der Waals surface area contributed by atoms with Gasteiger partial charge in [0, 0.05) is 0 Å². The van der Waals surface area contributed by atoms with Crippen LogP contribution in [0.3, 0.4) is 0 Å². The first-order chi connectivity index (χ1) is 12.5. The van der Waals surface area contributed by atoms with Crippen LogP contribution in [0.1, 0.15) is 13.8 Å². The maximum Gasteiger partial charge on any atom is 0.206 e. The standard InChI is InChI=1S/C12H10O2S.2C4H6O2/c13-15(14,11-7-3-1-4-8-11)12-9-5-2-6-10-12;2*1-3(2)4(5)6/h1-10H;2*1H2,2H3,(H,5,6)/p-2. The molecule has 0 bridgehead atoms. The molecule has 0 heterocycles. The van der Waals surface area contributed by atoms with E-state index in [1.165, 1.54) is 13.8 Å².